The molecule has 3 N–H and O–H groups in total. The van der Waals surface area contributed by atoms with Crippen LogP contribution in [0.2, 0.25) is 0 Å². The minimum atomic E-state index is -0.794. The van der Waals surface area contributed by atoms with E-state index in [1.807, 2.05) is 13.8 Å². The summed E-state index contributed by atoms with van der Waals surface area (Å²) in [5, 5.41) is 3.46. The fourth-order valence-electron chi connectivity index (χ4n) is 1.60. The molecule has 5 nitrogen and oxygen atoms in total. The molecule has 0 aliphatic rings. The van der Waals surface area contributed by atoms with E-state index in [1.54, 1.807) is 6.26 Å². The molecular weight excluding hydrogens is 272 g/mol. The first-order chi connectivity index (χ1) is 9.12. The average Bonchev–Trinajstić information content (AvgIpc) is 2.32. The molecule has 114 valence electrons. The summed E-state index contributed by atoms with van der Waals surface area (Å²) in [6.07, 6.45) is 2.56. The Labute approximate surface area is 124 Å². The maximum atomic E-state index is 11.3. The van der Waals surface area contributed by atoms with Crippen LogP contribution in [0.25, 0.3) is 0 Å². The van der Waals surface area contributed by atoms with E-state index < -0.39 is 10.8 Å². The monoisotopic (exact) mass is 298 g/mol. The molecule has 0 radical (unpaired) electrons. The molecule has 1 rings (SSSR count). The molecule has 2 atom stereocenters. The molecule has 6 heteroatoms. The van der Waals surface area contributed by atoms with Gasteiger partial charge in [0.1, 0.15) is 17.5 Å². The molecule has 0 saturated carbocycles. The van der Waals surface area contributed by atoms with Crippen LogP contribution in [-0.4, -0.2) is 32.2 Å². The number of hydrogen-bond acceptors (Lipinski definition) is 5. The van der Waals surface area contributed by atoms with Crippen LogP contribution in [0.3, 0.4) is 0 Å². The number of aromatic nitrogens is 2. The molecule has 1 aromatic heterocycles. The first-order valence-corrected chi connectivity index (χ1v) is 8.45. The largest absolute Gasteiger partial charge is 0.383 e. The molecule has 2 unspecified atom stereocenters. The predicted octanol–water partition coefficient (Wildman–Crippen LogP) is 2.23. The third-order valence-corrected chi connectivity index (χ3v) is 4.63. The van der Waals surface area contributed by atoms with Gasteiger partial charge in [-0.3, -0.25) is 4.21 Å². The Morgan fingerprint density at radius 2 is 1.95 bits per heavy atom. The second kappa shape index (κ2) is 6.52. The van der Waals surface area contributed by atoms with Crippen molar-refractivity contribution in [2.45, 2.75) is 51.7 Å². The van der Waals surface area contributed by atoms with Gasteiger partial charge in [0.05, 0.1) is 0 Å². The van der Waals surface area contributed by atoms with Crippen LogP contribution in [0, 0.1) is 6.92 Å². The standard InChI is InChI=1S/C14H26N4OS/c1-9(20(6)19)7-8-16-12-10(2)11(15)17-13(18-12)14(3,4)5/h9H,7-8H2,1-6H3,(H3,15,16,17,18). The highest BCUT2D eigenvalue weighted by Gasteiger charge is 2.20. The lowest BCUT2D eigenvalue weighted by molar-refractivity contribution is 0.546. The first kappa shape index (κ1) is 16.9. The Morgan fingerprint density at radius 1 is 1.35 bits per heavy atom. The SMILES string of the molecule is Cc1c(N)nc(C(C)(C)C)nc1NCCC(C)S(C)=O. The Hall–Kier alpha value is -1.17. The molecule has 0 aromatic carbocycles. The lowest BCUT2D eigenvalue weighted by Gasteiger charge is -2.20. The summed E-state index contributed by atoms with van der Waals surface area (Å²) >= 11 is 0. The van der Waals surface area contributed by atoms with Gasteiger partial charge in [0.25, 0.3) is 0 Å². The van der Waals surface area contributed by atoms with Crippen LogP contribution in [0.5, 0.6) is 0 Å². The second-order valence-corrected chi connectivity index (χ2v) is 7.98. The van der Waals surface area contributed by atoms with E-state index in [4.69, 9.17) is 5.73 Å². The molecule has 1 aromatic rings. The highest BCUT2D eigenvalue weighted by Crippen LogP contribution is 2.24. The maximum absolute atomic E-state index is 11.3. The second-order valence-electron chi connectivity index (χ2n) is 6.18. The zero-order chi connectivity index (χ0) is 15.5. The van der Waals surface area contributed by atoms with E-state index in [9.17, 15) is 4.21 Å². The van der Waals surface area contributed by atoms with Gasteiger partial charge in [-0.2, -0.15) is 0 Å². The van der Waals surface area contributed by atoms with Gasteiger partial charge in [0, 0.05) is 39.8 Å². The van der Waals surface area contributed by atoms with E-state index in [-0.39, 0.29) is 10.7 Å². The number of nitrogens with one attached hydrogen (secondary N) is 1. The van der Waals surface area contributed by atoms with Gasteiger partial charge in [-0.25, -0.2) is 9.97 Å². The van der Waals surface area contributed by atoms with E-state index in [1.165, 1.54) is 0 Å². The first-order valence-electron chi connectivity index (χ1n) is 6.83. The molecule has 0 saturated heterocycles. The van der Waals surface area contributed by atoms with Crippen molar-refractivity contribution in [1.82, 2.24) is 9.97 Å². The number of nitrogen functional groups attached to an aromatic ring is 1. The highest BCUT2D eigenvalue weighted by molar-refractivity contribution is 7.84. The molecule has 1 heterocycles. The minimum absolute atomic E-state index is 0.142. The molecule has 0 aliphatic heterocycles. The van der Waals surface area contributed by atoms with Crippen molar-refractivity contribution in [2.75, 3.05) is 23.9 Å². The summed E-state index contributed by atoms with van der Waals surface area (Å²) in [4.78, 5) is 8.92. The summed E-state index contributed by atoms with van der Waals surface area (Å²) in [7, 11) is -0.794. The molecule has 0 amide bonds. The van der Waals surface area contributed by atoms with E-state index in [0.29, 0.717) is 5.82 Å². The van der Waals surface area contributed by atoms with Crippen molar-refractivity contribution in [3.63, 3.8) is 0 Å². The smallest absolute Gasteiger partial charge is 0.138 e. The summed E-state index contributed by atoms with van der Waals surface area (Å²) in [5.74, 6) is 2.02. The lowest BCUT2D eigenvalue weighted by Crippen LogP contribution is -2.21. The van der Waals surface area contributed by atoms with Gasteiger partial charge < -0.3 is 11.1 Å². The molecule has 0 aliphatic carbocycles. The molecule has 0 fully saturated rings. The summed E-state index contributed by atoms with van der Waals surface area (Å²) in [6.45, 7) is 10.8. The van der Waals surface area contributed by atoms with Gasteiger partial charge in [-0.15, -0.1) is 0 Å². The zero-order valence-electron chi connectivity index (χ0n) is 13.3. The van der Waals surface area contributed by atoms with Crippen LogP contribution in [-0.2, 0) is 16.2 Å². The Kier molecular flexibility index (Phi) is 5.50. The number of nitrogens with zero attached hydrogens (tertiary/aromatic N) is 2. The van der Waals surface area contributed by atoms with Crippen molar-refractivity contribution < 1.29 is 4.21 Å². The van der Waals surface area contributed by atoms with Crippen molar-refractivity contribution in [2.24, 2.45) is 0 Å². The van der Waals surface area contributed by atoms with E-state index >= 15 is 0 Å². The van der Waals surface area contributed by atoms with Gasteiger partial charge in [-0.1, -0.05) is 27.7 Å². The molecule has 0 bridgehead atoms. The van der Waals surface area contributed by atoms with Gasteiger partial charge in [-0.05, 0) is 13.3 Å². The minimum Gasteiger partial charge on any atom is -0.383 e. The van der Waals surface area contributed by atoms with E-state index in [2.05, 4.69) is 36.1 Å². The highest BCUT2D eigenvalue weighted by atomic mass is 32.2. The van der Waals surface area contributed by atoms with Crippen LogP contribution in [0.4, 0.5) is 11.6 Å². The van der Waals surface area contributed by atoms with Crippen LogP contribution in [0.15, 0.2) is 0 Å². The predicted molar refractivity (Wildman–Crippen MR) is 86.5 cm³/mol. The fraction of sp³-hybridized carbons (Fsp3) is 0.714. The third kappa shape index (κ3) is 4.44. The topological polar surface area (TPSA) is 80.9 Å². The van der Waals surface area contributed by atoms with Crippen molar-refractivity contribution in [1.29, 1.82) is 0 Å². The summed E-state index contributed by atoms with van der Waals surface area (Å²) < 4.78 is 11.3. The Morgan fingerprint density at radius 3 is 2.45 bits per heavy atom. The zero-order valence-corrected chi connectivity index (χ0v) is 14.1. The lowest BCUT2D eigenvalue weighted by atomic mass is 9.95. The van der Waals surface area contributed by atoms with Crippen LogP contribution < -0.4 is 11.1 Å². The van der Waals surface area contributed by atoms with Gasteiger partial charge in [0.15, 0.2) is 0 Å². The Bertz CT molecular complexity index is 497. The van der Waals surface area contributed by atoms with Gasteiger partial charge >= 0.3 is 0 Å². The van der Waals surface area contributed by atoms with Crippen molar-refractivity contribution >= 4 is 22.4 Å². The van der Waals surface area contributed by atoms with Crippen LogP contribution in [0.1, 0.15) is 45.5 Å². The number of nitrogens with two attached hydrogens (primary N) is 1. The van der Waals surface area contributed by atoms with Crippen LogP contribution >= 0.6 is 0 Å². The normalized spacial score (nSPS) is 14.9. The van der Waals surface area contributed by atoms with Crippen molar-refractivity contribution in [3.8, 4) is 0 Å². The summed E-state index contributed by atoms with van der Waals surface area (Å²) in [6, 6.07) is 0. The Balaban J connectivity index is 2.84. The average molecular weight is 298 g/mol. The summed E-state index contributed by atoms with van der Waals surface area (Å²) in [5.41, 5.74) is 6.68. The fourth-order valence-corrected chi connectivity index (χ4v) is 2.05. The number of hydrogen-bond donors (Lipinski definition) is 2. The number of rotatable bonds is 5. The number of anilines is 2. The van der Waals surface area contributed by atoms with E-state index in [0.717, 1.165) is 30.2 Å². The molecule has 20 heavy (non-hydrogen) atoms. The molecular formula is C14H26N4OS. The maximum Gasteiger partial charge on any atom is 0.138 e. The molecule has 0 spiro atoms. The van der Waals surface area contributed by atoms with Crippen molar-refractivity contribution in [3.05, 3.63) is 11.4 Å². The van der Waals surface area contributed by atoms with Gasteiger partial charge in [0.2, 0.25) is 0 Å². The quantitative estimate of drug-likeness (QED) is 0.871. The third-order valence-electron chi connectivity index (χ3n) is 3.26.